The van der Waals surface area contributed by atoms with Gasteiger partial charge in [-0.3, -0.25) is 4.99 Å². The Bertz CT molecular complexity index is 1230. The molecule has 4 rings (SSSR count). The highest BCUT2D eigenvalue weighted by Gasteiger charge is 2.10. The van der Waals surface area contributed by atoms with E-state index in [9.17, 15) is 4.79 Å². The van der Waals surface area contributed by atoms with Crippen LogP contribution in [0.15, 0.2) is 77.9 Å². The minimum Gasteiger partial charge on any atom is -0.465 e. The van der Waals surface area contributed by atoms with Crippen LogP contribution in [-0.4, -0.2) is 17.6 Å². The zero-order valence-electron chi connectivity index (χ0n) is 16.5. The third kappa shape index (κ3) is 4.15. The number of esters is 1. The molecule has 0 saturated carbocycles. The lowest BCUT2D eigenvalue weighted by Gasteiger charge is -2.08. The third-order valence-electron chi connectivity index (χ3n) is 4.86. The number of fused-ring (bicyclic) bond motifs is 1. The minimum absolute atomic E-state index is 0.332. The summed E-state index contributed by atoms with van der Waals surface area (Å²) in [4.78, 5) is 19.0. The zero-order chi connectivity index (χ0) is 20.2. The van der Waals surface area contributed by atoms with E-state index in [0.29, 0.717) is 12.1 Å². The molecule has 0 saturated heterocycles. The van der Waals surface area contributed by atoms with Gasteiger partial charge < -0.3 is 9.30 Å². The summed E-state index contributed by atoms with van der Waals surface area (Å²) >= 11 is 1.66. The Balaban J connectivity index is 1.68. The van der Waals surface area contributed by atoms with Crippen LogP contribution >= 0.6 is 11.3 Å². The van der Waals surface area contributed by atoms with E-state index < -0.39 is 0 Å². The third-order valence-corrected chi connectivity index (χ3v) is 5.84. The predicted molar refractivity (Wildman–Crippen MR) is 117 cm³/mol. The molecule has 4 nitrogen and oxygen atoms in total. The van der Waals surface area contributed by atoms with Crippen LogP contribution in [0.1, 0.15) is 26.4 Å². The average molecular weight is 403 g/mol. The van der Waals surface area contributed by atoms with Crippen LogP contribution in [0.5, 0.6) is 0 Å². The van der Waals surface area contributed by atoms with E-state index in [-0.39, 0.29) is 5.97 Å². The number of thiazole rings is 1. The number of aryl methyl sites for hydroxylation is 1. The highest BCUT2D eigenvalue weighted by molar-refractivity contribution is 7.09. The van der Waals surface area contributed by atoms with Crippen LogP contribution in [-0.2, 0) is 17.8 Å². The normalized spacial score (nSPS) is 11.7. The smallest absolute Gasteiger partial charge is 0.338 e. The number of carbonyl (C=O) groups is 1. The van der Waals surface area contributed by atoms with Crippen molar-refractivity contribution in [1.29, 1.82) is 0 Å². The number of benzene rings is 3. The van der Waals surface area contributed by atoms with Crippen molar-refractivity contribution in [3.8, 4) is 0 Å². The Morgan fingerprint density at radius 1 is 1.00 bits per heavy atom. The van der Waals surface area contributed by atoms with E-state index in [2.05, 4.69) is 60.2 Å². The molecule has 146 valence electrons. The fourth-order valence-electron chi connectivity index (χ4n) is 3.47. The quantitative estimate of drug-likeness (QED) is 0.444. The molecule has 0 atom stereocenters. The van der Waals surface area contributed by atoms with Crippen molar-refractivity contribution >= 4 is 28.1 Å². The Hall–Kier alpha value is -3.18. The first kappa shape index (κ1) is 19.2. The number of nitrogens with zero attached hydrogens (tertiary/aromatic N) is 2. The maximum absolute atomic E-state index is 12.0. The summed E-state index contributed by atoms with van der Waals surface area (Å²) in [5, 5.41) is 2.50. The first-order valence-corrected chi connectivity index (χ1v) is 10.3. The van der Waals surface area contributed by atoms with Gasteiger partial charge >= 0.3 is 5.97 Å². The molecule has 1 heterocycles. The molecule has 0 radical (unpaired) electrons. The van der Waals surface area contributed by atoms with Gasteiger partial charge in [0.1, 0.15) is 0 Å². The van der Waals surface area contributed by atoms with Crippen molar-refractivity contribution in [2.24, 2.45) is 4.99 Å². The number of carbonyl (C=O) groups excluding carboxylic acids is 1. The second-order valence-electron chi connectivity index (χ2n) is 6.86. The van der Waals surface area contributed by atoms with Crippen molar-refractivity contribution in [3.05, 3.63) is 99.3 Å². The molecule has 1 aromatic heterocycles. The summed E-state index contributed by atoms with van der Waals surface area (Å²) < 4.78 is 7.08. The van der Waals surface area contributed by atoms with Crippen LogP contribution in [0.25, 0.3) is 10.8 Å². The fourth-order valence-corrected chi connectivity index (χ4v) is 4.31. The van der Waals surface area contributed by atoms with E-state index in [1.54, 1.807) is 17.4 Å². The van der Waals surface area contributed by atoms with Crippen molar-refractivity contribution in [2.75, 3.05) is 7.11 Å². The first-order chi connectivity index (χ1) is 14.2. The molecule has 0 unspecified atom stereocenters. The lowest BCUT2D eigenvalue weighted by Crippen LogP contribution is -2.15. The molecular formula is C24H22N2O2S. The van der Waals surface area contributed by atoms with Crippen LogP contribution in [0.3, 0.4) is 0 Å². The first-order valence-electron chi connectivity index (χ1n) is 9.46. The second kappa shape index (κ2) is 8.45. The van der Waals surface area contributed by atoms with Crippen molar-refractivity contribution in [2.45, 2.75) is 20.0 Å². The van der Waals surface area contributed by atoms with E-state index >= 15 is 0 Å². The maximum atomic E-state index is 12.0. The van der Waals surface area contributed by atoms with Crippen LogP contribution < -0.4 is 4.80 Å². The summed E-state index contributed by atoms with van der Waals surface area (Å²) in [5.41, 5.74) is 2.69. The minimum atomic E-state index is -0.332. The fraction of sp³-hybridized carbons (Fsp3) is 0.167. The Morgan fingerprint density at radius 3 is 2.59 bits per heavy atom. The number of hydrogen-bond donors (Lipinski definition) is 0. The van der Waals surface area contributed by atoms with Gasteiger partial charge in [-0.15, -0.1) is 11.3 Å². The van der Waals surface area contributed by atoms with Gasteiger partial charge in [0.2, 0.25) is 0 Å². The number of methoxy groups -OCH3 is 1. The van der Waals surface area contributed by atoms with Gasteiger partial charge in [-0.1, -0.05) is 60.7 Å². The SMILES string of the molecule is COC(=O)c1ccccc1CN=c1sc(C)cn1Cc1cccc2ccccc12. The van der Waals surface area contributed by atoms with E-state index in [4.69, 9.17) is 9.73 Å². The topological polar surface area (TPSA) is 43.6 Å². The van der Waals surface area contributed by atoms with E-state index in [1.165, 1.54) is 28.3 Å². The molecule has 0 spiro atoms. The highest BCUT2D eigenvalue weighted by Crippen LogP contribution is 2.19. The molecule has 0 bridgehead atoms. The number of ether oxygens (including phenoxy) is 1. The molecular weight excluding hydrogens is 380 g/mol. The molecule has 4 aromatic rings. The van der Waals surface area contributed by atoms with Gasteiger partial charge in [-0.05, 0) is 34.9 Å². The molecule has 5 heteroatoms. The number of hydrogen-bond acceptors (Lipinski definition) is 4. The van der Waals surface area contributed by atoms with Gasteiger partial charge in [0.15, 0.2) is 4.80 Å². The molecule has 0 aliphatic rings. The van der Waals surface area contributed by atoms with Crippen LogP contribution in [0.4, 0.5) is 0 Å². The van der Waals surface area contributed by atoms with Gasteiger partial charge in [0.25, 0.3) is 0 Å². The van der Waals surface area contributed by atoms with Crippen LogP contribution in [0.2, 0.25) is 0 Å². The lowest BCUT2D eigenvalue weighted by atomic mass is 10.0. The van der Waals surface area contributed by atoms with Gasteiger partial charge in [0.05, 0.1) is 25.8 Å². The molecule has 0 N–H and O–H groups in total. The average Bonchev–Trinajstić information content (AvgIpc) is 3.11. The van der Waals surface area contributed by atoms with Crippen molar-refractivity contribution in [3.63, 3.8) is 0 Å². The monoisotopic (exact) mass is 402 g/mol. The molecule has 3 aromatic carbocycles. The van der Waals surface area contributed by atoms with Crippen molar-refractivity contribution in [1.82, 2.24) is 4.57 Å². The van der Waals surface area contributed by atoms with Gasteiger partial charge in [-0.2, -0.15) is 0 Å². The Morgan fingerprint density at radius 2 is 1.72 bits per heavy atom. The maximum Gasteiger partial charge on any atom is 0.338 e. The lowest BCUT2D eigenvalue weighted by molar-refractivity contribution is 0.0599. The standard InChI is InChI=1S/C24H22N2O2S/c1-17-15-26(16-20-11-7-10-18-8-3-5-12-21(18)20)24(29-17)25-14-19-9-4-6-13-22(19)23(27)28-2/h3-13,15H,14,16H2,1-2H3. The Labute approximate surface area is 173 Å². The van der Waals surface area contributed by atoms with Gasteiger partial charge in [0, 0.05) is 11.1 Å². The van der Waals surface area contributed by atoms with Gasteiger partial charge in [-0.25, -0.2) is 4.79 Å². The molecule has 0 amide bonds. The zero-order valence-corrected chi connectivity index (χ0v) is 17.3. The summed E-state index contributed by atoms with van der Waals surface area (Å²) in [6.07, 6.45) is 2.14. The Kier molecular flexibility index (Phi) is 5.58. The molecule has 0 fully saturated rings. The van der Waals surface area contributed by atoms with Crippen molar-refractivity contribution < 1.29 is 9.53 Å². The molecule has 29 heavy (non-hydrogen) atoms. The largest absolute Gasteiger partial charge is 0.465 e. The van der Waals surface area contributed by atoms with E-state index in [0.717, 1.165) is 16.9 Å². The van der Waals surface area contributed by atoms with Crippen LogP contribution in [0, 0.1) is 6.92 Å². The number of aromatic nitrogens is 1. The summed E-state index contributed by atoms with van der Waals surface area (Å²) in [5.74, 6) is -0.332. The van der Waals surface area contributed by atoms with E-state index in [1.807, 2.05) is 18.2 Å². The predicted octanol–water partition coefficient (Wildman–Crippen LogP) is 4.95. The number of rotatable bonds is 5. The highest BCUT2D eigenvalue weighted by atomic mass is 32.1. The molecule has 0 aliphatic carbocycles. The molecule has 0 aliphatic heterocycles. The summed E-state index contributed by atoms with van der Waals surface area (Å²) in [6, 6.07) is 22.3. The summed E-state index contributed by atoms with van der Waals surface area (Å²) in [7, 11) is 1.40. The second-order valence-corrected chi connectivity index (χ2v) is 8.07. The summed E-state index contributed by atoms with van der Waals surface area (Å²) in [6.45, 7) is 3.27.